The SMILES string of the molecule is CNCC1CCCCC1c1c(C)cc(C)cc1F. The molecule has 2 heteroatoms. The summed E-state index contributed by atoms with van der Waals surface area (Å²) in [5.74, 6) is 0.979. The van der Waals surface area contributed by atoms with E-state index in [-0.39, 0.29) is 5.82 Å². The molecule has 1 fully saturated rings. The Morgan fingerprint density at radius 1 is 1.22 bits per heavy atom. The van der Waals surface area contributed by atoms with Crippen LogP contribution in [0.2, 0.25) is 0 Å². The Kier molecular flexibility index (Phi) is 4.39. The molecule has 1 aromatic rings. The molecule has 1 N–H and O–H groups in total. The second kappa shape index (κ2) is 5.83. The predicted molar refractivity (Wildman–Crippen MR) is 74.5 cm³/mol. The first-order valence-electron chi connectivity index (χ1n) is 7.04. The zero-order valence-corrected chi connectivity index (χ0v) is 11.7. The Bertz CT molecular complexity index is 389. The molecule has 2 rings (SSSR count). The quantitative estimate of drug-likeness (QED) is 0.855. The van der Waals surface area contributed by atoms with Gasteiger partial charge < -0.3 is 5.32 Å². The van der Waals surface area contributed by atoms with Crippen molar-refractivity contribution in [2.75, 3.05) is 13.6 Å². The lowest BCUT2D eigenvalue weighted by molar-refractivity contribution is 0.294. The van der Waals surface area contributed by atoms with E-state index in [1.165, 1.54) is 19.3 Å². The van der Waals surface area contributed by atoms with Crippen LogP contribution in [0.15, 0.2) is 12.1 Å². The summed E-state index contributed by atoms with van der Waals surface area (Å²) in [5.41, 5.74) is 3.12. The van der Waals surface area contributed by atoms with Gasteiger partial charge >= 0.3 is 0 Å². The topological polar surface area (TPSA) is 12.0 Å². The van der Waals surface area contributed by atoms with Crippen molar-refractivity contribution in [1.82, 2.24) is 5.32 Å². The minimum absolute atomic E-state index is 0.000466. The number of hydrogen-bond donors (Lipinski definition) is 1. The number of aryl methyl sites for hydroxylation is 2. The third-order valence-electron chi connectivity index (χ3n) is 4.23. The number of hydrogen-bond acceptors (Lipinski definition) is 1. The molecule has 2 unspecified atom stereocenters. The van der Waals surface area contributed by atoms with Gasteiger partial charge in [-0.3, -0.25) is 0 Å². The Morgan fingerprint density at radius 3 is 2.61 bits per heavy atom. The predicted octanol–water partition coefficient (Wildman–Crippen LogP) is 3.94. The highest BCUT2D eigenvalue weighted by molar-refractivity contribution is 5.35. The number of benzene rings is 1. The Balaban J connectivity index is 2.33. The molecule has 1 aliphatic carbocycles. The van der Waals surface area contributed by atoms with Crippen LogP contribution in [0.3, 0.4) is 0 Å². The molecule has 1 saturated carbocycles. The highest BCUT2D eigenvalue weighted by Crippen LogP contribution is 2.40. The summed E-state index contributed by atoms with van der Waals surface area (Å²) in [6.07, 6.45) is 4.87. The van der Waals surface area contributed by atoms with Gasteiger partial charge in [-0.1, -0.05) is 18.9 Å². The van der Waals surface area contributed by atoms with Gasteiger partial charge in [0.2, 0.25) is 0 Å². The smallest absolute Gasteiger partial charge is 0.127 e. The largest absolute Gasteiger partial charge is 0.319 e. The van der Waals surface area contributed by atoms with E-state index < -0.39 is 0 Å². The van der Waals surface area contributed by atoms with Crippen LogP contribution in [0.1, 0.15) is 48.3 Å². The normalized spacial score (nSPS) is 24.2. The average Bonchev–Trinajstić information content (AvgIpc) is 2.30. The van der Waals surface area contributed by atoms with E-state index in [1.54, 1.807) is 6.07 Å². The first-order chi connectivity index (χ1) is 8.63. The third-order valence-corrected chi connectivity index (χ3v) is 4.23. The lowest BCUT2D eigenvalue weighted by atomic mass is 9.74. The lowest BCUT2D eigenvalue weighted by Crippen LogP contribution is -2.28. The van der Waals surface area contributed by atoms with E-state index in [4.69, 9.17) is 0 Å². The van der Waals surface area contributed by atoms with Crippen LogP contribution in [0.4, 0.5) is 4.39 Å². The zero-order valence-electron chi connectivity index (χ0n) is 11.7. The number of nitrogens with one attached hydrogen (secondary N) is 1. The minimum Gasteiger partial charge on any atom is -0.319 e. The lowest BCUT2D eigenvalue weighted by Gasteiger charge is -2.33. The van der Waals surface area contributed by atoms with Gasteiger partial charge in [-0.2, -0.15) is 0 Å². The Labute approximate surface area is 110 Å². The summed E-state index contributed by atoms with van der Waals surface area (Å²) >= 11 is 0. The molecule has 0 aliphatic heterocycles. The molecule has 0 radical (unpaired) electrons. The van der Waals surface area contributed by atoms with Crippen LogP contribution in [0.5, 0.6) is 0 Å². The summed E-state index contributed by atoms with van der Waals surface area (Å²) in [7, 11) is 1.99. The van der Waals surface area contributed by atoms with Crippen molar-refractivity contribution >= 4 is 0 Å². The molecule has 2 atom stereocenters. The molecule has 1 aliphatic rings. The maximum Gasteiger partial charge on any atom is 0.127 e. The molecule has 100 valence electrons. The van der Waals surface area contributed by atoms with Gasteiger partial charge in [-0.15, -0.1) is 0 Å². The second-order valence-corrected chi connectivity index (χ2v) is 5.69. The van der Waals surface area contributed by atoms with Crippen molar-refractivity contribution in [2.24, 2.45) is 5.92 Å². The average molecular weight is 249 g/mol. The van der Waals surface area contributed by atoms with Crippen LogP contribution in [0, 0.1) is 25.6 Å². The minimum atomic E-state index is 0.000466. The van der Waals surface area contributed by atoms with Crippen molar-refractivity contribution in [3.05, 3.63) is 34.6 Å². The maximum absolute atomic E-state index is 14.3. The third kappa shape index (κ3) is 2.74. The molecule has 0 aromatic heterocycles. The highest BCUT2D eigenvalue weighted by Gasteiger charge is 2.29. The highest BCUT2D eigenvalue weighted by atomic mass is 19.1. The summed E-state index contributed by atoms with van der Waals surface area (Å²) < 4.78 is 14.3. The molecule has 18 heavy (non-hydrogen) atoms. The summed E-state index contributed by atoms with van der Waals surface area (Å²) in [6.45, 7) is 5.01. The van der Waals surface area contributed by atoms with Crippen molar-refractivity contribution in [3.63, 3.8) is 0 Å². The first kappa shape index (κ1) is 13.5. The number of halogens is 1. The van der Waals surface area contributed by atoms with Gasteiger partial charge in [0, 0.05) is 0 Å². The van der Waals surface area contributed by atoms with Crippen molar-refractivity contribution in [3.8, 4) is 0 Å². The number of rotatable bonds is 3. The fraction of sp³-hybridized carbons (Fsp3) is 0.625. The molecule has 0 amide bonds. The molecule has 0 saturated heterocycles. The van der Waals surface area contributed by atoms with E-state index in [2.05, 4.69) is 18.3 Å². The van der Waals surface area contributed by atoms with Gasteiger partial charge in [0.15, 0.2) is 0 Å². The fourth-order valence-electron chi connectivity index (χ4n) is 3.49. The van der Waals surface area contributed by atoms with Crippen LogP contribution >= 0.6 is 0 Å². The molecular formula is C16H24FN. The summed E-state index contributed by atoms with van der Waals surface area (Å²) in [6, 6.07) is 3.80. The molecule has 0 heterocycles. The van der Waals surface area contributed by atoms with Crippen LogP contribution < -0.4 is 5.32 Å². The van der Waals surface area contributed by atoms with Crippen LogP contribution in [0.25, 0.3) is 0 Å². The monoisotopic (exact) mass is 249 g/mol. The summed E-state index contributed by atoms with van der Waals surface area (Å²) in [4.78, 5) is 0. The van der Waals surface area contributed by atoms with Gasteiger partial charge in [-0.05, 0) is 74.9 Å². The standard InChI is InChI=1S/C16H24FN/c1-11-8-12(2)16(15(17)9-11)14-7-5-4-6-13(14)10-18-3/h8-9,13-14,18H,4-7,10H2,1-3H3. The Hall–Kier alpha value is -0.890. The van der Waals surface area contributed by atoms with Crippen molar-refractivity contribution < 1.29 is 4.39 Å². The fourth-order valence-corrected chi connectivity index (χ4v) is 3.49. The molecule has 1 nitrogen and oxygen atoms in total. The van der Waals surface area contributed by atoms with Crippen molar-refractivity contribution in [1.29, 1.82) is 0 Å². The van der Waals surface area contributed by atoms with Gasteiger partial charge in [-0.25, -0.2) is 4.39 Å². The molecule has 1 aromatic carbocycles. The Morgan fingerprint density at radius 2 is 1.94 bits per heavy atom. The summed E-state index contributed by atoms with van der Waals surface area (Å²) in [5, 5.41) is 3.27. The zero-order chi connectivity index (χ0) is 13.1. The van der Waals surface area contributed by atoms with E-state index in [0.29, 0.717) is 11.8 Å². The van der Waals surface area contributed by atoms with E-state index >= 15 is 0 Å². The van der Waals surface area contributed by atoms with Crippen molar-refractivity contribution in [2.45, 2.75) is 45.4 Å². The van der Waals surface area contributed by atoms with Gasteiger partial charge in [0.25, 0.3) is 0 Å². The molecular weight excluding hydrogens is 225 g/mol. The molecule has 0 bridgehead atoms. The van der Waals surface area contributed by atoms with Crippen LogP contribution in [-0.2, 0) is 0 Å². The van der Waals surface area contributed by atoms with E-state index in [9.17, 15) is 4.39 Å². The van der Waals surface area contributed by atoms with Gasteiger partial charge in [0.1, 0.15) is 5.82 Å². The van der Waals surface area contributed by atoms with E-state index in [1.807, 2.05) is 14.0 Å². The van der Waals surface area contributed by atoms with E-state index in [0.717, 1.165) is 29.7 Å². The van der Waals surface area contributed by atoms with Gasteiger partial charge in [0.05, 0.1) is 0 Å². The second-order valence-electron chi connectivity index (χ2n) is 5.69. The first-order valence-corrected chi connectivity index (χ1v) is 7.04. The molecule has 0 spiro atoms. The van der Waals surface area contributed by atoms with Crippen LogP contribution in [-0.4, -0.2) is 13.6 Å². The maximum atomic E-state index is 14.3.